The fraction of sp³-hybridized carbons (Fsp3) is 0.167. The molecule has 92 valence electrons. The maximum absolute atomic E-state index is 4.71. The third-order valence-electron chi connectivity index (χ3n) is 4.07. The second-order valence-corrected chi connectivity index (χ2v) is 5.79. The summed E-state index contributed by atoms with van der Waals surface area (Å²) in [6.45, 7) is 4.48. The van der Waals surface area contributed by atoms with E-state index >= 15 is 0 Å². The Labute approximate surface area is 112 Å². The predicted octanol–water partition coefficient (Wildman–Crippen LogP) is 4.99. The highest BCUT2D eigenvalue weighted by Crippen LogP contribution is 2.46. The molecular weight excluding hydrogens is 230 g/mol. The van der Waals surface area contributed by atoms with Gasteiger partial charge in [0.25, 0.3) is 0 Å². The van der Waals surface area contributed by atoms with Crippen LogP contribution in [0.2, 0.25) is 0 Å². The number of nitrogens with zero attached hydrogens (tertiary/aromatic N) is 1. The number of aliphatic imine (C=N–C) groups is 1. The molecule has 0 amide bonds. The van der Waals surface area contributed by atoms with Gasteiger partial charge in [-0.05, 0) is 21.7 Å². The Hall–Kier alpha value is -2.15. The van der Waals surface area contributed by atoms with Gasteiger partial charge < -0.3 is 0 Å². The molecule has 1 aliphatic rings. The summed E-state index contributed by atoms with van der Waals surface area (Å²) in [7, 11) is 0. The van der Waals surface area contributed by atoms with Crippen LogP contribution < -0.4 is 0 Å². The molecular formula is C18H15N. The quantitative estimate of drug-likeness (QED) is 0.495. The molecule has 3 aromatic rings. The number of rotatable bonds is 0. The van der Waals surface area contributed by atoms with Crippen LogP contribution in [0.15, 0.2) is 53.5 Å². The van der Waals surface area contributed by atoms with Crippen LogP contribution in [0.1, 0.15) is 19.4 Å². The van der Waals surface area contributed by atoms with Crippen LogP contribution in [-0.4, -0.2) is 6.21 Å². The molecule has 1 aliphatic heterocycles. The van der Waals surface area contributed by atoms with Gasteiger partial charge in [-0.25, -0.2) is 0 Å². The summed E-state index contributed by atoms with van der Waals surface area (Å²) in [6, 6.07) is 17.2. The minimum atomic E-state index is 0.0129. The fourth-order valence-electron chi connectivity index (χ4n) is 3.20. The van der Waals surface area contributed by atoms with Crippen molar-refractivity contribution >= 4 is 33.4 Å². The molecule has 3 aromatic carbocycles. The molecule has 0 saturated heterocycles. The lowest BCUT2D eigenvalue weighted by Crippen LogP contribution is -2.15. The monoisotopic (exact) mass is 245 g/mol. The minimum absolute atomic E-state index is 0.0129. The van der Waals surface area contributed by atoms with Gasteiger partial charge in [0, 0.05) is 17.0 Å². The molecule has 1 heterocycles. The van der Waals surface area contributed by atoms with E-state index in [4.69, 9.17) is 4.99 Å². The lowest BCUT2D eigenvalue weighted by molar-refractivity contribution is 0.761. The van der Waals surface area contributed by atoms with E-state index in [1.165, 1.54) is 27.1 Å². The zero-order valence-corrected chi connectivity index (χ0v) is 11.1. The van der Waals surface area contributed by atoms with Crippen LogP contribution in [-0.2, 0) is 5.41 Å². The summed E-state index contributed by atoms with van der Waals surface area (Å²) in [5.41, 5.74) is 2.53. The van der Waals surface area contributed by atoms with Crippen molar-refractivity contribution in [1.82, 2.24) is 0 Å². The average Bonchev–Trinajstić information content (AvgIpc) is 2.76. The minimum Gasteiger partial charge on any atom is -0.259 e. The van der Waals surface area contributed by atoms with Crippen LogP contribution in [0.5, 0.6) is 0 Å². The van der Waals surface area contributed by atoms with Crippen molar-refractivity contribution in [1.29, 1.82) is 0 Å². The van der Waals surface area contributed by atoms with Crippen molar-refractivity contribution < 1.29 is 0 Å². The van der Waals surface area contributed by atoms with E-state index in [0.717, 1.165) is 5.69 Å². The highest BCUT2D eigenvalue weighted by molar-refractivity contribution is 6.17. The summed E-state index contributed by atoms with van der Waals surface area (Å²) in [5, 5.41) is 5.22. The van der Waals surface area contributed by atoms with Gasteiger partial charge >= 0.3 is 0 Å². The average molecular weight is 245 g/mol. The smallest absolute Gasteiger partial charge is 0.0752 e. The highest BCUT2D eigenvalue weighted by Gasteiger charge is 2.30. The molecule has 0 fully saturated rings. The Bertz CT molecular complexity index is 841. The molecule has 0 saturated carbocycles. The van der Waals surface area contributed by atoms with Crippen molar-refractivity contribution in [2.24, 2.45) is 4.99 Å². The molecule has 0 atom stereocenters. The third kappa shape index (κ3) is 1.33. The number of benzene rings is 3. The lowest BCUT2D eigenvalue weighted by atomic mass is 9.82. The molecule has 0 aromatic heterocycles. The van der Waals surface area contributed by atoms with Crippen LogP contribution in [0, 0.1) is 0 Å². The Kier molecular flexibility index (Phi) is 1.95. The van der Waals surface area contributed by atoms with Gasteiger partial charge in [-0.15, -0.1) is 0 Å². The summed E-state index contributed by atoms with van der Waals surface area (Å²) >= 11 is 0. The van der Waals surface area contributed by atoms with E-state index in [2.05, 4.69) is 68.6 Å². The third-order valence-corrected chi connectivity index (χ3v) is 4.07. The largest absolute Gasteiger partial charge is 0.259 e. The molecule has 0 unspecified atom stereocenters. The molecule has 1 nitrogen and oxygen atoms in total. The van der Waals surface area contributed by atoms with Gasteiger partial charge in [0.2, 0.25) is 0 Å². The van der Waals surface area contributed by atoms with Gasteiger partial charge in [-0.3, -0.25) is 4.99 Å². The molecule has 0 N–H and O–H groups in total. The lowest BCUT2D eigenvalue weighted by Gasteiger charge is -2.20. The first kappa shape index (κ1) is 10.7. The molecule has 4 rings (SSSR count). The topological polar surface area (TPSA) is 12.4 Å². The van der Waals surface area contributed by atoms with E-state index < -0.39 is 0 Å². The maximum atomic E-state index is 4.71. The van der Waals surface area contributed by atoms with Gasteiger partial charge in [-0.2, -0.15) is 0 Å². The Morgan fingerprint density at radius 2 is 1.26 bits per heavy atom. The summed E-state index contributed by atoms with van der Waals surface area (Å²) in [6.07, 6.45) is 2.08. The normalized spacial score (nSPS) is 16.1. The van der Waals surface area contributed by atoms with E-state index in [9.17, 15) is 0 Å². The van der Waals surface area contributed by atoms with Gasteiger partial charge in [-0.1, -0.05) is 62.4 Å². The van der Waals surface area contributed by atoms with Crippen molar-refractivity contribution in [2.75, 3.05) is 0 Å². The van der Waals surface area contributed by atoms with Crippen molar-refractivity contribution in [2.45, 2.75) is 19.3 Å². The van der Waals surface area contributed by atoms with E-state index in [0.29, 0.717) is 0 Å². The standard InChI is InChI=1S/C18H15N/c1-18(2)11-19-17-15-10-6-4-8-13(15)12-7-3-5-9-14(12)16(17)18/h3-11H,1-2H3. The van der Waals surface area contributed by atoms with Gasteiger partial charge in [0.1, 0.15) is 0 Å². The zero-order chi connectivity index (χ0) is 13.0. The number of hydrogen-bond donors (Lipinski definition) is 0. The molecule has 1 heteroatoms. The molecule has 19 heavy (non-hydrogen) atoms. The van der Waals surface area contributed by atoms with Crippen molar-refractivity contribution in [3.05, 3.63) is 54.1 Å². The zero-order valence-electron chi connectivity index (χ0n) is 11.1. The SMILES string of the molecule is CC1(C)C=Nc2c1c1ccccc1c1ccccc21. The summed E-state index contributed by atoms with van der Waals surface area (Å²) in [4.78, 5) is 4.71. The Morgan fingerprint density at radius 3 is 1.95 bits per heavy atom. The second-order valence-electron chi connectivity index (χ2n) is 5.79. The van der Waals surface area contributed by atoms with Crippen molar-refractivity contribution in [3.63, 3.8) is 0 Å². The van der Waals surface area contributed by atoms with Crippen molar-refractivity contribution in [3.8, 4) is 0 Å². The molecule has 0 radical (unpaired) electrons. The maximum Gasteiger partial charge on any atom is 0.0752 e. The predicted molar refractivity (Wildman–Crippen MR) is 82.6 cm³/mol. The Balaban J connectivity index is 2.35. The molecule has 0 spiro atoms. The van der Waals surface area contributed by atoms with Gasteiger partial charge in [0.05, 0.1) is 5.69 Å². The van der Waals surface area contributed by atoms with Crippen LogP contribution in [0.4, 0.5) is 5.69 Å². The number of hydrogen-bond acceptors (Lipinski definition) is 1. The fourth-order valence-corrected chi connectivity index (χ4v) is 3.20. The first-order valence-corrected chi connectivity index (χ1v) is 6.68. The van der Waals surface area contributed by atoms with E-state index in [1.807, 2.05) is 0 Å². The van der Waals surface area contributed by atoms with Crippen LogP contribution >= 0.6 is 0 Å². The first-order chi connectivity index (χ1) is 9.18. The van der Waals surface area contributed by atoms with E-state index in [1.54, 1.807) is 0 Å². The van der Waals surface area contributed by atoms with Gasteiger partial charge in [0.15, 0.2) is 0 Å². The Morgan fingerprint density at radius 1 is 0.737 bits per heavy atom. The summed E-state index contributed by atoms with van der Waals surface area (Å²) < 4.78 is 0. The summed E-state index contributed by atoms with van der Waals surface area (Å²) in [5.74, 6) is 0. The highest BCUT2D eigenvalue weighted by atomic mass is 14.8. The van der Waals surface area contributed by atoms with Crippen LogP contribution in [0.3, 0.4) is 0 Å². The second kappa shape index (κ2) is 3.45. The van der Waals surface area contributed by atoms with E-state index in [-0.39, 0.29) is 5.41 Å². The molecule has 0 aliphatic carbocycles. The molecule has 0 bridgehead atoms. The van der Waals surface area contributed by atoms with Crippen LogP contribution in [0.25, 0.3) is 21.5 Å². The first-order valence-electron chi connectivity index (χ1n) is 6.68. The number of fused-ring (bicyclic) bond motifs is 6.